The van der Waals surface area contributed by atoms with E-state index in [-0.39, 0.29) is 23.7 Å². The minimum absolute atomic E-state index is 0.262. The Morgan fingerprint density at radius 3 is 2.57 bits per heavy atom. The van der Waals surface area contributed by atoms with Crippen LogP contribution in [0.4, 0.5) is 21.9 Å². The van der Waals surface area contributed by atoms with E-state index >= 15 is 0 Å². The number of nitrogens with two attached hydrogens (primary N) is 1. The molecule has 0 spiro atoms. The highest BCUT2D eigenvalue weighted by Gasteiger charge is 2.18. The molecule has 1 aliphatic rings. The molecule has 1 unspecified atom stereocenters. The van der Waals surface area contributed by atoms with Gasteiger partial charge < -0.3 is 26.4 Å². The smallest absolute Gasteiger partial charge is 0.319 e. The van der Waals surface area contributed by atoms with Gasteiger partial charge in [0.1, 0.15) is 5.69 Å². The van der Waals surface area contributed by atoms with E-state index in [1.54, 1.807) is 61.1 Å². The summed E-state index contributed by atoms with van der Waals surface area (Å²) in [6, 6.07) is 13.5. The number of para-hydroxylation sites is 2. The topological polar surface area (TPSA) is 134 Å². The Bertz CT molecular complexity index is 1150. The third-order valence-electron chi connectivity index (χ3n) is 6.18. The fourth-order valence-electron chi connectivity index (χ4n) is 4.14. The van der Waals surface area contributed by atoms with Gasteiger partial charge in [0.05, 0.1) is 42.5 Å². The first-order valence-corrected chi connectivity index (χ1v) is 12.5. The summed E-state index contributed by atoms with van der Waals surface area (Å²) in [5, 5.41) is 8.65. The summed E-state index contributed by atoms with van der Waals surface area (Å²) in [5.74, 6) is -0.353. The lowest BCUT2D eigenvalue weighted by molar-refractivity contribution is 0.0370. The summed E-state index contributed by atoms with van der Waals surface area (Å²) in [4.78, 5) is 36.2. The van der Waals surface area contributed by atoms with Crippen LogP contribution in [0.1, 0.15) is 41.4 Å². The number of pyridine rings is 2. The van der Waals surface area contributed by atoms with Crippen molar-refractivity contribution in [3.05, 3.63) is 78.4 Å². The van der Waals surface area contributed by atoms with Crippen molar-refractivity contribution in [2.75, 3.05) is 49.2 Å². The van der Waals surface area contributed by atoms with Crippen LogP contribution in [0.5, 0.6) is 0 Å². The fourth-order valence-corrected chi connectivity index (χ4v) is 4.14. The standard InChI is InChI=1S/C27H33N7O3/c28-22-7-1-2-9-24(22)32-26(35)25-11-10-20(18-30-25)23(8-3-4-13-34-14-16-37-17-15-34)33-27(36)31-21-6-5-12-29-19-21/h1-2,5-7,9-12,18-19,23H,3-4,8,13-17,28H2,(H,32,35)(H2,31,33,36). The summed E-state index contributed by atoms with van der Waals surface area (Å²) in [6.07, 6.45) is 7.54. The van der Waals surface area contributed by atoms with Crippen LogP contribution in [0.2, 0.25) is 0 Å². The molecule has 4 rings (SSSR count). The van der Waals surface area contributed by atoms with Crippen molar-refractivity contribution in [3.8, 4) is 0 Å². The van der Waals surface area contributed by atoms with Crippen LogP contribution < -0.4 is 21.7 Å². The molecule has 2 aromatic heterocycles. The number of nitrogens with zero attached hydrogens (tertiary/aromatic N) is 3. The van der Waals surface area contributed by atoms with E-state index in [0.29, 0.717) is 17.1 Å². The van der Waals surface area contributed by atoms with Gasteiger partial charge in [-0.2, -0.15) is 0 Å². The number of benzene rings is 1. The Balaban J connectivity index is 1.39. The monoisotopic (exact) mass is 503 g/mol. The second-order valence-corrected chi connectivity index (χ2v) is 8.86. The van der Waals surface area contributed by atoms with Crippen LogP contribution in [0, 0.1) is 0 Å². The number of urea groups is 1. The lowest BCUT2D eigenvalue weighted by atomic mass is 10.0. The molecule has 3 aromatic rings. The first kappa shape index (κ1) is 26.1. The number of ether oxygens (including phenoxy) is 1. The summed E-state index contributed by atoms with van der Waals surface area (Å²) < 4.78 is 5.42. The average Bonchev–Trinajstić information content (AvgIpc) is 2.93. The number of hydrogen-bond acceptors (Lipinski definition) is 7. The normalized spacial score (nSPS) is 14.5. The number of carbonyl (C=O) groups excluding carboxylic acids is 2. The number of hydrogen-bond donors (Lipinski definition) is 4. The molecular weight excluding hydrogens is 470 g/mol. The number of anilines is 3. The Hall–Kier alpha value is -4.02. The lowest BCUT2D eigenvalue weighted by Gasteiger charge is -2.26. The number of unbranched alkanes of at least 4 members (excludes halogenated alkanes) is 1. The molecule has 0 bridgehead atoms. The third kappa shape index (κ3) is 7.99. The van der Waals surface area contributed by atoms with Crippen molar-refractivity contribution in [3.63, 3.8) is 0 Å². The third-order valence-corrected chi connectivity index (χ3v) is 6.18. The van der Waals surface area contributed by atoms with Gasteiger partial charge in [0.15, 0.2) is 0 Å². The minimum atomic E-state index is -0.353. The molecule has 3 amide bonds. The first-order valence-electron chi connectivity index (χ1n) is 12.5. The maximum Gasteiger partial charge on any atom is 0.319 e. The Morgan fingerprint density at radius 2 is 1.84 bits per heavy atom. The second kappa shape index (κ2) is 13.3. The Kier molecular flexibility index (Phi) is 9.39. The summed E-state index contributed by atoms with van der Waals surface area (Å²) in [7, 11) is 0. The van der Waals surface area contributed by atoms with Crippen molar-refractivity contribution in [1.29, 1.82) is 0 Å². The summed E-state index contributed by atoms with van der Waals surface area (Å²) in [5.41, 5.74) is 8.63. The van der Waals surface area contributed by atoms with E-state index in [9.17, 15) is 9.59 Å². The molecule has 1 aliphatic heterocycles. The van der Waals surface area contributed by atoms with E-state index in [1.807, 2.05) is 6.07 Å². The molecule has 0 radical (unpaired) electrons. The molecule has 194 valence electrons. The molecule has 1 aromatic carbocycles. The fraction of sp³-hybridized carbons (Fsp3) is 0.333. The molecule has 10 heteroatoms. The van der Waals surface area contributed by atoms with Crippen molar-refractivity contribution >= 4 is 29.0 Å². The van der Waals surface area contributed by atoms with E-state index in [0.717, 1.165) is 57.7 Å². The first-order chi connectivity index (χ1) is 18.1. The van der Waals surface area contributed by atoms with E-state index < -0.39 is 0 Å². The minimum Gasteiger partial charge on any atom is -0.397 e. The van der Waals surface area contributed by atoms with Gasteiger partial charge >= 0.3 is 6.03 Å². The number of morpholine rings is 1. The molecule has 0 saturated carbocycles. The van der Waals surface area contributed by atoms with Gasteiger partial charge in [-0.1, -0.05) is 18.2 Å². The van der Waals surface area contributed by atoms with Gasteiger partial charge in [0, 0.05) is 25.5 Å². The molecule has 5 N–H and O–H groups in total. The zero-order valence-electron chi connectivity index (χ0n) is 20.7. The maximum absolute atomic E-state index is 12.7. The number of aromatic nitrogens is 2. The highest BCUT2D eigenvalue weighted by molar-refractivity contribution is 6.04. The van der Waals surface area contributed by atoms with Gasteiger partial charge in [-0.3, -0.25) is 19.7 Å². The highest BCUT2D eigenvalue weighted by Crippen LogP contribution is 2.21. The quantitative estimate of drug-likeness (QED) is 0.245. The predicted molar refractivity (Wildman–Crippen MR) is 143 cm³/mol. The van der Waals surface area contributed by atoms with Crippen molar-refractivity contribution < 1.29 is 14.3 Å². The average molecular weight is 504 g/mol. The second-order valence-electron chi connectivity index (χ2n) is 8.86. The lowest BCUT2D eigenvalue weighted by Crippen LogP contribution is -2.37. The molecule has 37 heavy (non-hydrogen) atoms. The zero-order valence-corrected chi connectivity index (χ0v) is 20.7. The predicted octanol–water partition coefficient (Wildman–Crippen LogP) is 3.68. The number of amides is 3. The molecule has 3 heterocycles. The van der Waals surface area contributed by atoms with Crippen molar-refractivity contribution in [2.24, 2.45) is 0 Å². The number of carbonyl (C=O) groups is 2. The summed E-state index contributed by atoms with van der Waals surface area (Å²) in [6.45, 7) is 4.47. The van der Waals surface area contributed by atoms with Gasteiger partial charge in [-0.25, -0.2) is 4.79 Å². The van der Waals surface area contributed by atoms with Gasteiger partial charge in [-0.15, -0.1) is 0 Å². The van der Waals surface area contributed by atoms with Crippen LogP contribution in [0.3, 0.4) is 0 Å². The SMILES string of the molecule is Nc1ccccc1NC(=O)c1ccc(C(CCCCN2CCOCC2)NC(=O)Nc2cccnc2)cn1. The largest absolute Gasteiger partial charge is 0.397 e. The Labute approximate surface area is 216 Å². The molecule has 1 atom stereocenters. The molecule has 1 fully saturated rings. The van der Waals surface area contributed by atoms with E-state index in [1.165, 1.54) is 0 Å². The van der Waals surface area contributed by atoms with Crippen LogP contribution in [-0.4, -0.2) is 59.7 Å². The van der Waals surface area contributed by atoms with Gasteiger partial charge in [-0.05, 0) is 61.7 Å². The maximum atomic E-state index is 12.7. The van der Waals surface area contributed by atoms with Crippen molar-refractivity contribution in [1.82, 2.24) is 20.2 Å². The number of nitrogens with one attached hydrogen (secondary N) is 3. The van der Waals surface area contributed by atoms with Gasteiger partial charge in [0.2, 0.25) is 0 Å². The molecule has 0 aliphatic carbocycles. The summed E-state index contributed by atoms with van der Waals surface area (Å²) >= 11 is 0. The Morgan fingerprint density at radius 1 is 1.00 bits per heavy atom. The van der Waals surface area contributed by atoms with Crippen LogP contribution in [-0.2, 0) is 4.74 Å². The van der Waals surface area contributed by atoms with Crippen LogP contribution in [0.25, 0.3) is 0 Å². The zero-order chi connectivity index (χ0) is 25.9. The van der Waals surface area contributed by atoms with Crippen LogP contribution >= 0.6 is 0 Å². The van der Waals surface area contributed by atoms with Crippen molar-refractivity contribution in [2.45, 2.75) is 25.3 Å². The van der Waals surface area contributed by atoms with E-state index in [4.69, 9.17) is 10.5 Å². The molecular formula is C27H33N7O3. The van der Waals surface area contributed by atoms with Gasteiger partial charge in [0.25, 0.3) is 5.91 Å². The van der Waals surface area contributed by atoms with Crippen LogP contribution in [0.15, 0.2) is 67.1 Å². The highest BCUT2D eigenvalue weighted by atomic mass is 16.5. The van der Waals surface area contributed by atoms with E-state index in [2.05, 4.69) is 30.8 Å². The number of nitrogen functional groups attached to an aromatic ring is 1. The molecule has 1 saturated heterocycles. The number of rotatable bonds is 10. The molecule has 10 nitrogen and oxygen atoms in total.